The van der Waals surface area contributed by atoms with Crippen molar-refractivity contribution in [2.75, 3.05) is 39.5 Å². The van der Waals surface area contributed by atoms with Gasteiger partial charge in [0.2, 0.25) is 0 Å². The number of hydrogen-bond acceptors (Lipinski definition) is 5. The predicted molar refractivity (Wildman–Crippen MR) is 82.3 cm³/mol. The Bertz CT molecular complexity index is 441. The van der Waals surface area contributed by atoms with Crippen LogP contribution in [0.4, 0.5) is 0 Å². The highest BCUT2D eigenvalue weighted by atomic mass is 16.5. The van der Waals surface area contributed by atoms with Crippen molar-refractivity contribution in [1.82, 2.24) is 20.0 Å². The van der Waals surface area contributed by atoms with E-state index in [0.717, 1.165) is 50.8 Å². The van der Waals surface area contributed by atoms with E-state index >= 15 is 0 Å². The van der Waals surface area contributed by atoms with Crippen molar-refractivity contribution in [1.29, 1.82) is 0 Å². The van der Waals surface area contributed by atoms with E-state index in [2.05, 4.69) is 29.2 Å². The molecule has 2 heterocycles. The molecule has 0 saturated carbocycles. The zero-order chi connectivity index (χ0) is 15.2. The number of aliphatic hydroxyl groups is 1. The summed E-state index contributed by atoms with van der Waals surface area (Å²) in [7, 11) is 0. The van der Waals surface area contributed by atoms with Crippen molar-refractivity contribution < 1.29 is 9.84 Å². The normalized spacial score (nSPS) is 18.1. The molecule has 1 aromatic rings. The molecule has 0 amide bonds. The molecule has 1 aromatic heterocycles. The first-order chi connectivity index (χ1) is 10.1. The quantitative estimate of drug-likeness (QED) is 0.758. The summed E-state index contributed by atoms with van der Waals surface area (Å²) in [6.07, 6.45) is 0. The summed E-state index contributed by atoms with van der Waals surface area (Å²) >= 11 is 0. The zero-order valence-electron chi connectivity index (χ0n) is 13.4. The lowest BCUT2D eigenvalue weighted by molar-refractivity contribution is 0.0203. The molecule has 6 heteroatoms. The highest BCUT2D eigenvalue weighted by molar-refractivity contribution is 5.24. The molecule has 1 saturated heterocycles. The number of rotatable bonds is 7. The fourth-order valence-electron chi connectivity index (χ4n) is 2.86. The van der Waals surface area contributed by atoms with E-state index in [-0.39, 0.29) is 6.61 Å². The Hall–Kier alpha value is -0.950. The summed E-state index contributed by atoms with van der Waals surface area (Å²) in [4.78, 5) is 2.46. The molecule has 6 nitrogen and oxygen atoms in total. The van der Waals surface area contributed by atoms with Crippen LogP contribution in [-0.2, 0) is 17.8 Å². The van der Waals surface area contributed by atoms with Gasteiger partial charge in [0.1, 0.15) is 0 Å². The van der Waals surface area contributed by atoms with Crippen molar-refractivity contribution in [3.05, 3.63) is 17.0 Å². The molecular formula is C15H28N4O2. The van der Waals surface area contributed by atoms with Crippen molar-refractivity contribution >= 4 is 0 Å². The van der Waals surface area contributed by atoms with Gasteiger partial charge >= 0.3 is 0 Å². The maximum atomic E-state index is 9.05. The van der Waals surface area contributed by atoms with Crippen LogP contribution in [0.2, 0.25) is 0 Å². The van der Waals surface area contributed by atoms with Crippen molar-refractivity contribution in [3.63, 3.8) is 0 Å². The summed E-state index contributed by atoms with van der Waals surface area (Å²) in [6.45, 7) is 12.6. The molecule has 0 spiro atoms. The number of hydrogen-bond donors (Lipinski definition) is 2. The highest BCUT2D eigenvalue weighted by Crippen LogP contribution is 2.12. The van der Waals surface area contributed by atoms with Crippen LogP contribution in [0.15, 0.2) is 0 Å². The third-order valence-corrected chi connectivity index (χ3v) is 4.25. The van der Waals surface area contributed by atoms with Gasteiger partial charge in [-0.25, -0.2) is 0 Å². The summed E-state index contributed by atoms with van der Waals surface area (Å²) < 4.78 is 7.27. The van der Waals surface area contributed by atoms with Crippen LogP contribution in [0, 0.1) is 13.8 Å². The average molecular weight is 296 g/mol. The second-order valence-corrected chi connectivity index (χ2v) is 5.72. The molecule has 1 aliphatic heterocycles. The molecular weight excluding hydrogens is 268 g/mol. The zero-order valence-corrected chi connectivity index (χ0v) is 13.4. The number of nitrogens with one attached hydrogen (secondary N) is 1. The predicted octanol–water partition coefficient (Wildman–Crippen LogP) is 0.303. The Morgan fingerprint density at radius 2 is 2.05 bits per heavy atom. The van der Waals surface area contributed by atoms with Gasteiger partial charge in [-0.2, -0.15) is 5.10 Å². The SMILES string of the molecule is Cc1nn(CCO)c(C)c1CNCC(C)N1CCOCC1. The standard InChI is InChI=1S/C15H28N4O2/c1-12(18-5-8-21-9-6-18)10-16-11-15-13(2)17-19(4-7-20)14(15)3/h12,16,20H,4-11H2,1-3H3. The van der Waals surface area contributed by atoms with Gasteiger partial charge in [-0.15, -0.1) is 0 Å². The van der Waals surface area contributed by atoms with Gasteiger partial charge in [0.15, 0.2) is 0 Å². The first-order valence-electron chi connectivity index (χ1n) is 7.79. The Morgan fingerprint density at radius 3 is 2.71 bits per heavy atom. The molecule has 120 valence electrons. The molecule has 1 atom stereocenters. The van der Waals surface area contributed by atoms with Crippen molar-refractivity contribution in [2.45, 2.75) is 39.9 Å². The minimum absolute atomic E-state index is 0.128. The first-order valence-corrected chi connectivity index (χ1v) is 7.79. The molecule has 0 aromatic carbocycles. The molecule has 1 fully saturated rings. The van der Waals surface area contributed by atoms with E-state index in [9.17, 15) is 0 Å². The van der Waals surface area contributed by atoms with Crippen LogP contribution in [0.1, 0.15) is 23.9 Å². The van der Waals surface area contributed by atoms with Gasteiger partial charge in [0, 0.05) is 43.5 Å². The van der Waals surface area contributed by atoms with Gasteiger partial charge in [-0.05, 0) is 20.8 Å². The topological polar surface area (TPSA) is 62.5 Å². The molecule has 0 aliphatic carbocycles. The monoisotopic (exact) mass is 296 g/mol. The summed E-state index contributed by atoms with van der Waals surface area (Å²) in [5, 5.41) is 17.1. The lowest BCUT2D eigenvalue weighted by atomic mass is 10.2. The fraction of sp³-hybridized carbons (Fsp3) is 0.800. The van der Waals surface area contributed by atoms with E-state index in [1.807, 2.05) is 11.6 Å². The van der Waals surface area contributed by atoms with E-state index in [1.54, 1.807) is 0 Å². The average Bonchev–Trinajstić information content (AvgIpc) is 2.76. The minimum Gasteiger partial charge on any atom is -0.394 e. The Morgan fingerprint density at radius 1 is 1.33 bits per heavy atom. The second kappa shape index (κ2) is 7.89. The lowest BCUT2D eigenvalue weighted by Gasteiger charge is -2.32. The number of aryl methyl sites for hydroxylation is 1. The van der Waals surface area contributed by atoms with E-state index in [0.29, 0.717) is 12.6 Å². The molecule has 21 heavy (non-hydrogen) atoms. The van der Waals surface area contributed by atoms with Gasteiger partial charge < -0.3 is 15.2 Å². The third-order valence-electron chi connectivity index (χ3n) is 4.25. The largest absolute Gasteiger partial charge is 0.394 e. The molecule has 0 bridgehead atoms. The fourth-order valence-corrected chi connectivity index (χ4v) is 2.86. The summed E-state index contributed by atoms with van der Waals surface area (Å²) in [6, 6.07) is 0.516. The molecule has 0 radical (unpaired) electrons. The van der Waals surface area contributed by atoms with Crippen molar-refractivity contribution in [2.24, 2.45) is 0 Å². The van der Waals surface area contributed by atoms with Crippen LogP contribution in [-0.4, -0.2) is 65.3 Å². The molecule has 1 aliphatic rings. The maximum Gasteiger partial charge on any atom is 0.0644 e. The minimum atomic E-state index is 0.128. The number of nitrogens with zero attached hydrogens (tertiary/aromatic N) is 3. The lowest BCUT2D eigenvalue weighted by Crippen LogP contribution is -2.46. The Kier molecular flexibility index (Phi) is 6.17. The second-order valence-electron chi connectivity index (χ2n) is 5.72. The molecule has 1 unspecified atom stereocenters. The van der Waals surface area contributed by atoms with E-state index < -0.39 is 0 Å². The van der Waals surface area contributed by atoms with E-state index in [4.69, 9.17) is 9.84 Å². The first kappa shape index (κ1) is 16.4. The number of morpholine rings is 1. The van der Waals surface area contributed by atoms with Gasteiger partial charge in [-0.3, -0.25) is 9.58 Å². The number of aliphatic hydroxyl groups excluding tert-OH is 1. The van der Waals surface area contributed by atoms with Gasteiger partial charge in [-0.1, -0.05) is 0 Å². The Balaban J connectivity index is 1.82. The van der Waals surface area contributed by atoms with Gasteiger partial charge in [0.25, 0.3) is 0 Å². The molecule has 2 N–H and O–H groups in total. The van der Waals surface area contributed by atoms with E-state index in [1.165, 1.54) is 5.56 Å². The van der Waals surface area contributed by atoms with Crippen LogP contribution in [0.3, 0.4) is 0 Å². The van der Waals surface area contributed by atoms with Crippen molar-refractivity contribution in [3.8, 4) is 0 Å². The number of aromatic nitrogens is 2. The van der Waals surface area contributed by atoms with Crippen LogP contribution in [0.5, 0.6) is 0 Å². The smallest absolute Gasteiger partial charge is 0.0644 e. The Labute approximate surface area is 127 Å². The summed E-state index contributed by atoms with van der Waals surface area (Å²) in [5.41, 5.74) is 3.44. The summed E-state index contributed by atoms with van der Waals surface area (Å²) in [5.74, 6) is 0. The van der Waals surface area contributed by atoms with Gasteiger partial charge in [0.05, 0.1) is 32.1 Å². The maximum absolute atomic E-state index is 9.05. The van der Waals surface area contributed by atoms with Crippen LogP contribution < -0.4 is 5.32 Å². The van der Waals surface area contributed by atoms with Crippen LogP contribution >= 0.6 is 0 Å². The number of ether oxygens (including phenoxy) is 1. The third kappa shape index (κ3) is 4.26. The molecule has 2 rings (SSSR count). The highest BCUT2D eigenvalue weighted by Gasteiger charge is 2.17. The van der Waals surface area contributed by atoms with Crippen LogP contribution in [0.25, 0.3) is 0 Å².